The molecule has 2 aliphatic rings. The monoisotopic (exact) mass is 302 g/mol. The first kappa shape index (κ1) is 15.0. The molecule has 0 N–H and O–H groups in total. The Morgan fingerprint density at radius 2 is 2.00 bits per heavy atom. The molecule has 1 aromatic rings. The predicted octanol–water partition coefficient (Wildman–Crippen LogP) is 1.38. The van der Waals surface area contributed by atoms with Crippen molar-refractivity contribution in [3.05, 3.63) is 35.4 Å². The molecule has 2 aliphatic heterocycles. The zero-order chi connectivity index (χ0) is 15.5. The van der Waals surface area contributed by atoms with Crippen molar-refractivity contribution in [2.45, 2.75) is 25.8 Å². The number of rotatable bonds is 3. The van der Waals surface area contributed by atoms with Crippen molar-refractivity contribution in [1.29, 1.82) is 0 Å². The van der Waals surface area contributed by atoms with Gasteiger partial charge >= 0.3 is 0 Å². The van der Waals surface area contributed by atoms with Crippen LogP contribution in [-0.2, 0) is 20.7 Å². The standard InChI is InChI=1S/C17H22N2O3/c1-2-7-19-15(20)12-13-5-3-4-6-14(13)16(19)17(21)18-8-10-22-11-9-18/h3-6,16H,2,7-12H2,1H3/t16-/m0/s1. The molecule has 0 unspecified atom stereocenters. The SMILES string of the molecule is CCCN1C(=O)Cc2ccccc2[C@H]1C(=O)N1CCOCC1. The summed E-state index contributed by atoms with van der Waals surface area (Å²) in [6.07, 6.45) is 1.24. The number of hydrogen-bond acceptors (Lipinski definition) is 3. The minimum absolute atomic E-state index is 0.0252. The highest BCUT2D eigenvalue weighted by Crippen LogP contribution is 2.32. The topological polar surface area (TPSA) is 49.9 Å². The van der Waals surface area contributed by atoms with Crippen LogP contribution >= 0.6 is 0 Å². The number of fused-ring (bicyclic) bond motifs is 1. The summed E-state index contributed by atoms with van der Waals surface area (Å²) in [6, 6.07) is 7.33. The van der Waals surface area contributed by atoms with Crippen LogP contribution in [-0.4, -0.2) is 54.5 Å². The number of amides is 2. The summed E-state index contributed by atoms with van der Waals surface area (Å²) >= 11 is 0. The Bertz CT molecular complexity index is 567. The maximum absolute atomic E-state index is 13.0. The highest BCUT2D eigenvalue weighted by Gasteiger charge is 2.38. The van der Waals surface area contributed by atoms with Crippen molar-refractivity contribution in [2.75, 3.05) is 32.8 Å². The molecule has 22 heavy (non-hydrogen) atoms. The molecule has 1 saturated heterocycles. The van der Waals surface area contributed by atoms with Gasteiger partial charge in [-0.15, -0.1) is 0 Å². The van der Waals surface area contributed by atoms with Gasteiger partial charge in [-0.25, -0.2) is 0 Å². The lowest BCUT2D eigenvalue weighted by molar-refractivity contribution is -0.149. The number of hydrogen-bond donors (Lipinski definition) is 0. The molecule has 0 bridgehead atoms. The van der Waals surface area contributed by atoms with Gasteiger partial charge in [0.05, 0.1) is 19.6 Å². The third kappa shape index (κ3) is 2.73. The molecule has 0 aliphatic carbocycles. The number of nitrogens with zero attached hydrogens (tertiary/aromatic N) is 2. The van der Waals surface area contributed by atoms with Gasteiger partial charge in [0.1, 0.15) is 6.04 Å². The van der Waals surface area contributed by atoms with Gasteiger partial charge in [0, 0.05) is 19.6 Å². The van der Waals surface area contributed by atoms with Gasteiger partial charge in [0.15, 0.2) is 0 Å². The first-order valence-electron chi connectivity index (χ1n) is 7.96. The molecule has 1 aromatic carbocycles. The second-order valence-electron chi connectivity index (χ2n) is 5.80. The molecular weight excluding hydrogens is 280 g/mol. The first-order chi connectivity index (χ1) is 10.7. The number of carbonyl (C=O) groups is 2. The second-order valence-corrected chi connectivity index (χ2v) is 5.80. The molecule has 1 atom stereocenters. The van der Waals surface area contributed by atoms with Crippen molar-refractivity contribution in [3.63, 3.8) is 0 Å². The molecular formula is C17H22N2O3. The summed E-state index contributed by atoms with van der Waals surface area (Å²) in [4.78, 5) is 29.1. The number of morpholine rings is 1. The normalized spacial score (nSPS) is 21.7. The maximum Gasteiger partial charge on any atom is 0.250 e. The van der Waals surface area contributed by atoms with Gasteiger partial charge in [-0.2, -0.15) is 0 Å². The zero-order valence-corrected chi connectivity index (χ0v) is 13.0. The van der Waals surface area contributed by atoms with Gasteiger partial charge < -0.3 is 14.5 Å². The maximum atomic E-state index is 13.0. The van der Waals surface area contributed by atoms with E-state index in [1.165, 1.54) is 0 Å². The minimum Gasteiger partial charge on any atom is -0.378 e. The van der Waals surface area contributed by atoms with E-state index in [1.807, 2.05) is 36.1 Å². The smallest absolute Gasteiger partial charge is 0.250 e. The molecule has 0 spiro atoms. The van der Waals surface area contributed by atoms with E-state index in [9.17, 15) is 9.59 Å². The fourth-order valence-electron chi connectivity index (χ4n) is 3.26. The van der Waals surface area contributed by atoms with Crippen LogP contribution in [0.4, 0.5) is 0 Å². The van der Waals surface area contributed by atoms with E-state index in [4.69, 9.17) is 4.74 Å². The van der Waals surface area contributed by atoms with Gasteiger partial charge in [0.25, 0.3) is 0 Å². The molecule has 3 rings (SSSR count). The van der Waals surface area contributed by atoms with Gasteiger partial charge in [-0.3, -0.25) is 9.59 Å². The van der Waals surface area contributed by atoms with Gasteiger partial charge in [-0.1, -0.05) is 31.2 Å². The highest BCUT2D eigenvalue weighted by molar-refractivity contribution is 5.92. The summed E-state index contributed by atoms with van der Waals surface area (Å²) < 4.78 is 5.33. The Labute approximate surface area is 130 Å². The first-order valence-corrected chi connectivity index (χ1v) is 7.96. The Hall–Kier alpha value is -1.88. The second kappa shape index (κ2) is 6.48. The Kier molecular flexibility index (Phi) is 4.43. The van der Waals surface area contributed by atoms with E-state index < -0.39 is 6.04 Å². The summed E-state index contributed by atoms with van der Waals surface area (Å²) in [6.45, 7) is 5.00. The Morgan fingerprint density at radius 1 is 1.27 bits per heavy atom. The molecule has 118 valence electrons. The van der Waals surface area contributed by atoms with Crippen LogP contribution < -0.4 is 0 Å². The van der Waals surface area contributed by atoms with Crippen LogP contribution in [0.3, 0.4) is 0 Å². The molecule has 0 saturated carbocycles. The van der Waals surface area contributed by atoms with Crippen LogP contribution in [0.5, 0.6) is 0 Å². The van der Waals surface area contributed by atoms with E-state index in [0.717, 1.165) is 17.5 Å². The molecule has 1 fully saturated rings. The summed E-state index contributed by atoms with van der Waals surface area (Å²) in [5.41, 5.74) is 1.96. The lowest BCUT2D eigenvalue weighted by Crippen LogP contribution is -2.51. The van der Waals surface area contributed by atoms with Gasteiger partial charge in [0.2, 0.25) is 11.8 Å². The number of carbonyl (C=O) groups excluding carboxylic acids is 2. The van der Waals surface area contributed by atoms with E-state index in [1.54, 1.807) is 4.90 Å². The number of benzene rings is 1. The largest absolute Gasteiger partial charge is 0.378 e. The van der Waals surface area contributed by atoms with Crippen molar-refractivity contribution < 1.29 is 14.3 Å². The van der Waals surface area contributed by atoms with E-state index >= 15 is 0 Å². The zero-order valence-electron chi connectivity index (χ0n) is 13.0. The fourth-order valence-corrected chi connectivity index (χ4v) is 3.26. The Balaban J connectivity index is 1.95. The predicted molar refractivity (Wildman–Crippen MR) is 82.3 cm³/mol. The van der Waals surface area contributed by atoms with Crippen LogP contribution in [0.25, 0.3) is 0 Å². The lowest BCUT2D eigenvalue weighted by Gasteiger charge is -2.39. The fraction of sp³-hybridized carbons (Fsp3) is 0.529. The minimum atomic E-state index is -0.476. The van der Waals surface area contributed by atoms with Gasteiger partial charge in [-0.05, 0) is 17.5 Å². The summed E-state index contributed by atoms with van der Waals surface area (Å²) in [5, 5.41) is 0. The average molecular weight is 302 g/mol. The van der Waals surface area contributed by atoms with E-state index in [2.05, 4.69) is 0 Å². The molecule has 0 radical (unpaired) electrons. The van der Waals surface area contributed by atoms with Crippen molar-refractivity contribution >= 4 is 11.8 Å². The van der Waals surface area contributed by atoms with Crippen LogP contribution in [0, 0.1) is 0 Å². The summed E-state index contributed by atoms with van der Waals surface area (Å²) in [5.74, 6) is 0.0735. The van der Waals surface area contributed by atoms with Crippen LogP contribution in [0.1, 0.15) is 30.5 Å². The van der Waals surface area contributed by atoms with E-state index in [0.29, 0.717) is 39.3 Å². The average Bonchev–Trinajstić information content (AvgIpc) is 2.56. The van der Waals surface area contributed by atoms with Crippen molar-refractivity contribution in [3.8, 4) is 0 Å². The summed E-state index contributed by atoms with van der Waals surface area (Å²) in [7, 11) is 0. The van der Waals surface area contributed by atoms with Crippen molar-refractivity contribution in [2.24, 2.45) is 0 Å². The molecule has 2 amide bonds. The highest BCUT2D eigenvalue weighted by atomic mass is 16.5. The van der Waals surface area contributed by atoms with Crippen molar-refractivity contribution in [1.82, 2.24) is 9.80 Å². The van der Waals surface area contributed by atoms with E-state index in [-0.39, 0.29) is 11.8 Å². The third-order valence-electron chi connectivity index (χ3n) is 4.34. The molecule has 2 heterocycles. The molecule has 5 heteroatoms. The quantitative estimate of drug-likeness (QED) is 0.847. The third-order valence-corrected chi connectivity index (χ3v) is 4.34. The number of ether oxygens (including phenoxy) is 1. The Morgan fingerprint density at radius 3 is 2.73 bits per heavy atom. The lowest BCUT2D eigenvalue weighted by atomic mass is 9.91. The molecule has 5 nitrogen and oxygen atoms in total. The van der Waals surface area contributed by atoms with Crippen LogP contribution in [0.15, 0.2) is 24.3 Å². The van der Waals surface area contributed by atoms with Crippen LogP contribution in [0.2, 0.25) is 0 Å². The molecule has 0 aromatic heterocycles.